The zero-order valence-corrected chi connectivity index (χ0v) is 18.6. The van der Waals surface area contributed by atoms with Crippen LogP contribution < -0.4 is 15.5 Å². The van der Waals surface area contributed by atoms with Gasteiger partial charge in [-0.15, -0.1) is 0 Å². The number of hydrazone groups is 1. The number of nitrogens with one attached hydrogen (secondary N) is 2. The van der Waals surface area contributed by atoms with E-state index >= 15 is 0 Å². The molecule has 0 saturated carbocycles. The van der Waals surface area contributed by atoms with Crippen LogP contribution in [-0.2, 0) is 11.4 Å². The Labute approximate surface area is 185 Å². The van der Waals surface area contributed by atoms with Crippen LogP contribution in [0.25, 0.3) is 0 Å². The summed E-state index contributed by atoms with van der Waals surface area (Å²) in [5.74, 6) is 0.462. The average Bonchev–Trinajstić information content (AvgIpc) is 2.73. The van der Waals surface area contributed by atoms with Crippen molar-refractivity contribution < 1.29 is 9.53 Å². The molecule has 0 bridgehead atoms. The molecule has 3 aromatic carbocycles. The number of carbonyl (C=O) groups excluding carboxylic acids is 1. The number of halogens is 1. The van der Waals surface area contributed by atoms with Gasteiger partial charge in [-0.3, -0.25) is 4.79 Å². The third kappa shape index (κ3) is 6.19. The lowest BCUT2D eigenvalue weighted by molar-refractivity contribution is -0.119. The topological polar surface area (TPSA) is 62.7 Å². The van der Waals surface area contributed by atoms with Crippen molar-refractivity contribution in [3.8, 4) is 5.75 Å². The number of hydrogen-bond donors (Lipinski definition) is 2. The molecule has 0 saturated heterocycles. The van der Waals surface area contributed by atoms with Crippen molar-refractivity contribution >= 4 is 33.7 Å². The number of nitrogens with zero attached hydrogens (tertiary/aromatic N) is 1. The number of anilines is 1. The monoisotopic (exact) mass is 465 g/mol. The summed E-state index contributed by atoms with van der Waals surface area (Å²) in [6, 6.07) is 21.6. The molecule has 0 spiro atoms. The summed E-state index contributed by atoms with van der Waals surface area (Å²) < 4.78 is 6.83. The van der Waals surface area contributed by atoms with Gasteiger partial charge < -0.3 is 10.1 Å². The molecule has 3 aromatic rings. The predicted molar refractivity (Wildman–Crippen MR) is 125 cm³/mol. The predicted octanol–water partition coefficient (Wildman–Crippen LogP) is 5.21. The third-order valence-corrected chi connectivity index (χ3v) is 5.00. The third-order valence-electron chi connectivity index (χ3n) is 4.51. The maximum Gasteiger partial charge on any atom is 0.259 e. The molecule has 154 valence electrons. The van der Waals surface area contributed by atoms with Gasteiger partial charge in [-0.05, 0) is 48.7 Å². The van der Waals surface area contributed by atoms with Gasteiger partial charge >= 0.3 is 0 Å². The smallest absolute Gasteiger partial charge is 0.259 e. The summed E-state index contributed by atoms with van der Waals surface area (Å²) in [7, 11) is 0. The molecule has 3 rings (SSSR count). The van der Waals surface area contributed by atoms with Crippen LogP contribution in [0, 0.1) is 13.8 Å². The molecular weight excluding hydrogens is 442 g/mol. The van der Waals surface area contributed by atoms with Gasteiger partial charge in [0.2, 0.25) is 0 Å². The van der Waals surface area contributed by atoms with Crippen molar-refractivity contribution in [3.63, 3.8) is 0 Å². The van der Waals surface area contributed by atoms with E-state index in [1.165, 1.54) is 0 Å². The Balaban J connectivity index is 1.58. The fraction of sp³-hybridized carbons (Fsp3) is 0.167. The Morgan fingerprint density at radius 2 is 1.77 bits per heavy atom. The van der Waals surface area contributed by atoms with Crippen molar-refractivity contribution in [2.75, 3.05) is 11.9 Å². The lowest BCUT2D eigenvalue weighted by atomic mass is 10.1. The molecule has 0 heterocycles. The van der Waals surface area contributed by atoms with Gasteiger partial charge in [0.1, 0.15) is 12.4 Å². The number of aryl methyl sites for hydroxylation is 2. The van der Waals surface area contributed by atoms with E-state index < -0.39 is 0 Å². The maximum atomic E-state index is 12.2. The molecule has 0 aliphatic rings. The number of ether oxygens (including phenoxy) is 1. The van der Waals surface area contributed by atoms with Gasteiger partial charge in [0.25, 0.3) is 5.91 Å². The molecule has 0 fully saturated rings. The van der Waals surface area contributed by atoms with Crippen molar-refractivity contribution in [3.05, 3.63) is 93.5 Å². The summed E-state index contributed by atoms with van der Waals surface area (Å²) in [6.07, 6.45) is 1.59. The van der Waals surface area contributed by atoms with Crippen molar-refractivity contribution in [1.29, 1.82) is 0 Å². The largest absolute Gasteiger partial charge is 0.488 e. The first kappa shape index (κ1) is 21.6. The van der Waals surface area contributed by atoms with E-state index in [-0.39, 0.29) is 12.5 Å². The minimum atomic E-state index is -0.226. The van der Waals surface area contributed by atoms with E-state index in [9.17, 15) is 4.79 Å². The SMILES string of the molecule is Cc1cccc(C)c1NCC(=O)N/N=C/c1cc(Br)ccc1OCc1ccccc1. The zero-order chi connectivity index (χ0) is 21.3. The molecule has 0 aliphatic heterocycles. The van der Waals surface area contributed by atoms with E-state index in [2.05, 4.69) is 31.8 Å². The van der Waals surface area contributed by atoms with Crippen LogP contribution in [0.5, 0.6) is 5.75 Å². The summed E-state index contributed by atoms with van der Waals surface area (Å²) in [5, 5.41) is 7.26. The van der Waals surface area contributed by atoms with Gasteiger partial charge in [-0.25, -0.2) is 5.43 Å². The molecule has 1 amide bonds. The van der Waals surface area contributed by atoms with Crippen LogP contribution in [0.3, 0.4) is 0 Å². The van der Waals surface area contributed by atoms with Crippen LogP contribution in [0.2, 0.25) is 0 Å². The first-order chi connectivity index (χ1) is 14.5. The lowest BCUT2D eigenvalue weighted by Gasteiger charge is -2.11. The van der Waals surface area contributed by atoms with E-state index in [4.69, 9.17) is 4.74 Å². The highest BCUT2D eigenvalue weighted by atomic mass is 79.9. The van der Waals surface area contributed by atoms with Crippen molar-refractivity contribution in [2.45, 2.75) is 20.5 Å². The van der Waals surface area contributed by atoms with E-state index in [1.54, 1.807) is 6.21 Å². The fourth-order valence-electron chi connectivity index (χ4n) is 2.96. The molecule has 2 N–H and O–H groups in total. The van der Waals surface area contributed by atoms with E-state index in [1.807, 2.05) is 80.6 Å². The highest BCUT2D eigenvalue weighted by Crippen LogP contribution is 2.23. The number of para-hydroxylation sites is 1. The van der Waals surface area contributed by atoms with Crippen LogP contribution in [-0.4, -0.2) is 18.7 Å². The molecule has 0 radical (unpaired) electrons. The maximum absolute atomic E-state index is 12.2. The lowest BCUT2D eigenvalue weighted by Crippen LogP contribution is -2.26. The minimum Gasteiger partial charge on any atom is -0.488 e. The highest BCUT2D eigenvalue weighted by molar-refractivity contribution is 9.10. The Hall–Kier alpha value is -3.12. The van der Waals surface area contributed by atoms with Gasteiger partial charge in [0, 0.05) is 15.7 Å². The van der Waals surface area contributed by atoms with Gasteiger partial charge in [0.05, 0.1) is 12.8 Å². The quantitative estimate of drug-likeness (QED) is 0.354. The fourth-order valence-corrected chi connectivity index (χ4v) is 3.34. The van der Waals surface area contributed by atoms with Crippen molar-refractivity contribution in [1.82, 2.24) is 5.43 Å². The summed E-state index contributed by atoms with van der Waals surface area (Å²) in [4.78, 5) is 12.2. The standard InChI is InChI=1S/C24H24BrN3O2/c1-17-7-6-8-18(2)24(17)26-15-23(29)28-27-14-20-13-21(25)11-12-22(20)30-16-19-9-4-3-5-10-19/h3-14,26H,15-16H2,1-2H3,(H,28,29)/b27-14+. The first-order valence-electron chi connectivity index (χ1n) is 9.61. The number of rotatable bonds is 8. The number of benzene rings is 3. The highest BCUT2D eigenvalue weighted by Gasteiger charge is 2.06. The second-order valence-corrected chi connectivity index (χ2v) is 7.79. The molecule has 30 heavy (non-hydrogen) atoms. The Bertz CT molecular complexity index is 1020. The second-order valence-electron chi connectivity index (χ2n) is 6.87. The summed E-state index contributed by atoms with van der Waals surface area (Å²) in [5.41, 5.74) is 7.57. The summed E-state index contributed by atoms with van der Waals surface area (Å²) >= 11 is 3.46. The number of hydrogen-bond acceptors (Lipinski definition) is 4. The number of amides is 1. The number of carbonyl (C=O) groups is 1. The Morgan fingerprint density at radius 3 is 2.50 bits per heavy atom. The minimum absolute atomic E-state index is 0.138. The Morgan fingerprint density at radius 1 is 1.03 bits per heavy atom. The van der Waals surface area contributed by atoms with Crippen molar-refractivity contribution in [2.24, 2.45) is 5.10 Å². The van der Waals surface area contributed by atoms with Crippen LogP contribution in [0.4, 0.5) is 5.69 Å². The van der Waals surface area contributed by atoms with Gasteiger partial charge in [-0.1, -0.05) is 64.5 Å². The van der Waals surface area contributed by atoms with Crippen LogP contribution in [0.15, 0.2) is 76.3 Å². The van der Waals surface area contributed by atoms with Gasteiger partial charge in [0.15, 0.2) is 0 Å². The molecule has 6 heteroatoms. The van der Waals surface area contributed by atoms with E-state index in [0.29, 0.717) is 12.4 Å². The molecule has 0 aliphatic carbocycles. The second kappa shape index (κ2) is 10.6. The molecule has 0 atom stereocenters. The molecule has 5 nitrogen and oxygen atoms in total. The summed E-state index contributed by atoms with van der Waals surface area (Å²) in [6.45, 7) is 4.61. The average molecular weight is 466 g/mol. The van der Waals surface area contributed by atoms with Crippen LogP contribution in [0.1, 0.15) is 22.3 Å². The molecule has 0 unspecified atom stereocenters. The zero-order valence-electron chi connectivity index (χ0n) is 17.0. The Kier molecular flexibility index (Phi) is 7.63. The van der Waals surface area contributed by atoms with Gasteiger partial charge in [-0.2, -0.15) is 5.10 Å². The van der Waals surface area contributed by atoms with E-state index in [0.717, 1.165) is 32.4 Å². The first-order valence-corrected chi connectivity index (χ1v) is 10.4. The molecule has 0 aromatic heterocycles. The molecular formula is C24H24BrN3O2. The van der Waals surface area contributed by atoms with Crippen LogP contribution >= 0.6 is 15.9 Å². The normalized spacial score (nSPS) is 10.8.